The number of hydrogen-bond acceptors (Lipinski definition) is 1. The lowest BCUT2D eigenvalue weighted by Gasteiger charge is -2.16. The van der Waals surface area contributed by atoms with Gasteiger partial charge in [0.2, 0.25) is 0 Å². The first-order chi connectivity index (χ1) is 18.3. The molecule has 0 bridgehead atoms. The van der Waals surface area contributed by atoms with Crippen molar-refractivity contribution in [3.05, 3.63) is 0 Å². The lowest BCUT2D eigenvalue weighted by atomic mass is 9.90. The molecule has 0 fully saturated rings. The van der Waals surface area contributed by atoms with Crippen LogP contribution in [0.2, 0.25) is 0 Å². The molecule has 0 aliphatic heterocycles. The molecule has 0 heterocycles. The summed E-state index contributed by atoms with van der Waals surface area (Å²) < 4.78 is 0. The molecule has 0 atom stereocenters. The van der Waals surface area contributed by atoms with Crippen molar-refractivity contribution >= 4 is 0 Å². The molecule has 0 spiro atoms. The fourth-order valence-corrected chi connectivity index (χ4v) is 6.09. The van der Waals surface area contributed by atoms with Crippen molar-refractivity contribution in [1.29, 1.82) is 0 Å². The fraction of sp³-hybridized carbons (Fsp3) is 1.00. The first-order valence-electron chi connectivity index (χ1n) is 18.0. The van der Waals surface area contributed by atoms with Crippen molar-refractivity contribution in [2.45, 2.75) is 219 Å². The molecule has 0 aliphatic carbocycles. The summed E-state index contributed by atoms with van der Waals surface area (Å²) in [5.41, 5.74) is 5.84. The number of rotatable bonds is 33. The highest BCUT2D eigenvalue weighted by atomic mass is 14.5. The molecule has 0 aromatic carbocycles. The van der Waals surface area contributed by atoms with Gasteiger partial charge in [-0.05, 0) is 25.3 Å². The molecule has 1 nitrogen and oxygen atoms in total. The molecule has 0 aliphatic rings. The molecule has 1 heteroatoms. The van der Waals surface area contributed by atoms with Gasteiger partial charge in [0.05, 0.1) is 0 Å². The Morgan fingerprint density at radius 3 is 0.757 bits per heavy atom. The van der Waals surface area contributed by atoms with E-state index in [0.29, 0.717) is 0 Å². The average Bonchev–Trinajstić information content (AvgIpc) is 2.91. The van der Waals surface area contributed by atoms with Gasteiger partial charge in [-0.1, -0.05) is 206 Å². The SMILES string of the molecule is CCCCCCCCCCCCCCCCC(CCCN)CCCCCCCCCCCCCCCC. The number of hydrogen-bond donors (Lipinski definition) is 1. The monoisotopic (exact) mass is 522 g/mol. The van der Waals surface area contributed by atoms with E-state index in [-0.39, 0.29) is 0 Å². The van der Waals surface area contributed by atoms with Crippen molar-refractivity contribution in [3.63, 3.8) is 0 Å². The predicted molar refractivity (Wildman–Crippen MR) is 172 cm³/mol. The van der Waals surface area contributed by atoms with Crippen LogP contribution in [0.4, 0.5) is 0 Å². The highest BCUT2D eigenvalue weighted by molar-refractivity contribution is 4.62. The van der Waals surface area contributed by atoms with Crippen molar-refractivity contribution in [2.75, 3.05) is 6.54 Å². The molecule has 37 heavy (non-hydrogen) atoms. The molecule has 0 aromatic rings. The van der Waals surface area contributed by atoms with Crippen LogP contribution in [0.15, 0.2) is 0 Å². The molecular formula is C36H75N. The summed E-state index contributed by atoms with van der Waals surface area (Å²) in [4.78, 5) is 0. The molecule has 2 N–H and O–H groups in total. The Labute approximate surface area is 237 Å². The smallest absolute Gasteiger partial charge is 0.00772 e. The van der Waals surface area contributed by atoms with E-state index in [4.69, 9.17) is 5.73 Å². The Morgan fingerprint density at radius 2 is 0.514 bits per heavy atom. The summed E-state index contributed by atoms with van der Waals surface area (Å²) in [6.07, 6.45) is 46.5. The van der Waals surface area contributed by atoms with Crippen LogP contribution >= 0.6 is 0 Å². The van der Waals surface area contributed by atoms with E-state index < -0.39 is 0 Å². The first kappa shape index (κ1) is 37.0. The van der Waals surface area contributed by atoms with Crippen LogP contribution in [0.25, 0.3) is 0 Å². The first-order valence-corrected chi connectivity index (χ1v) is 18.0. The van der Waals surface area contributed by atoms with Crippen LogP contribution in [0.3, 0.4) is 0 Å². The Bertz CT molecular complexity index is 347. The van der Waals surface area contributed by atoms with Crippen molar-refractivity contribution in [1.82, 2.24) is 0 Å². The third-order valence-corrected chi connectivity index (χ3v) is 8.75. The van der Waals surface area contributed by atoms with Crippen molar-refractivity contribution in [2.24, 2.45) is 11.7 Å². The van der Waals surface area contributed by atoms with Crippen molar-refractivity contribution < 1.29 is 0 Å². The standard InChI is InChI=1S/C36H75N/c1-3-5-7-9-11-13-15-17-19-21-23-25-27-29-32-36(34-31-35-37)33-30-28-26-24-22-20-18-16-14-12-10-8-6-4-2/h36H,3-35,37H2,1-2H3. The lowest BCUT2D eigenvalue weighted by molar-refractivity contribution is 0.373. The minimum absolute atomic E-state index is 0.883. The van der Waals surface area contributed by atoms with E-state index in [2.05, 4.69) is 13.8 Å². The van der Waals surface area contributed by atoms with E-state index in [1.54, 1.807) is 0 Å². The molecule has 0 aromatic heterocycles. The molecule has 0 saturated carbocycles. The van der Waals surface area contributed by atoms with Crippen molar-refractivity contribution in [3.8, 4) is 0 Å². The minimum atomic E-state index is 0.883. The molecular weight excluding hydrogens is 446 g/mol. The predicted octanol–water partition coefficient (Wildman–Crippen LogP) is 13.1. The van der Waals surface area contributed by atoms with E-state index >= 15 is 0 Å². The number of nitrogens with two attached hydrogens (primary N) is 1. The largest absolute Gasteiger partial charge is 0.330 e. The average molecular weight is 522 g/mol. The second kappa shape index (κ2) is 34.0. The summed E-state index contributed by atoms with van der Waals surface area (Å²) in [6.45, 7) is 5.50. The molecule has 0 rings (SSSR count). The fourth-order valence-electron chi connectivity index (χ4n) is 6.09. The van der Waals surface area contributed by atoms with Gasteiger partial charge in [0.15, 0.2) is 0 Å². The van der Waals surface area contributed by atoms with Crippen LogP contribution in [0.1, 0.15) is 219 Å². The minimum Gasteiger partial charge on any atom is -0.330 e. The Hall–Kier alpha value is -0.0400. The van der Waals surface area contributed by atoms with Crippen LogP contribution < -0.4 is 5.73 Å². The topological polar surface area (TPSA) is 26.0 Å². The number of unbranched alkanes of at least 4 members (excludes halogenated alkanes) is 26. The molecule has 0 radical (unpaired) electrons. The molecule has 0 saturated heterocycles. The molecule has 224 valence electrons. The lowest BCUT2D eigenvalue weighted by Crippen LogP contribution is -2.06. The maximum absolute atomic E-state index is 5.84. The van der Waals surface area contributed by atoms with Gasteiger partial charge in [0.25, 0.3) is 0 Å². The van der Waals surface area contributed by atoms with E-state index in [0.717, 1.165) is 12.5 Å². The normalized spacial score (nSPS) is 11.7. The zero-order chi connectivity index (χ0) is 26.9. The zero-order valence-corrected chi connectivity index (χ0v) is 26.5. The third kappa shape index (κ3) is 32.1. The molecule has 0 amide bonds. The second-order valence-electron chi connectivity index (χ2n) is 12.6. The summed E-state index contributed by atoms with van der Waals surface area (Å²) >= 11 is 0. The Balaban J connectivity index is 3.46. The van der Waals surface area contributed by atoms with Crippen LogP contribution in [-0.4, -0.2) is 6.54 Å². The Morgan fingerprint density at radius 1 is 0.297 bits per heavy atom. The van der Waals surface area contributed by atoms with Gasteiger partial charge in [-0.15, -0.1) is 0 Å². The van der Waals surface area contributed by atoms with E-state index in [9.17, 15) is 0 Å². The van der Waals surface area contributed by atoms with Gasteiger partial charge >= 0.3 is 0 Å². The highest BCUT2D eigenvalue weighted by Gasteiger charge is 2.08. The third-order valence-electron chi connectivity index (χ3n) is 8.75. The molecule has 0 unspecified atom stereocenters. The van der Waals surface area contributed by atoms with Crippen LogP contribution in [-0.2, 0) is 0 Å². The van der Waals surface area contributed by atoms with E-state index in [1.807, 2.05) is 0 Å². The zero-order valence-electron chi connectivity index (χ0n) is 26.5. The van der Waals surface area contributed by atoms with Crippen LogP contribution in [0, 0.1) is 5.92 Å². The van der Waals surface area contributed by atoms with Gasteiger partial charge in [0, 0.05) is 0 Å². The maximum atomic E-state index is 5.84. The Kier molecular flexibility index (Phi) is 34.0. The highest BCUT2D eigenvalue weighted by Crippen LogP contribution is 2.23. The summed E-state index contributed by atoms with van der Waals surface area (Å²) in [5.74, 6) is 0.957. The quantitative estimate of drug-likeness (QED) is 0.0853. The van der Waals surface area contributed by atoms with Crippen LogP contribution in [0.5, 0.6) is 0 Å². The maximum Gasteiger partial charge on any atom is -0.00772 e. The van der Waals surface area contributed by atoms with E-state index in [1.165, 1.54) is 205 Å². The summed E-state index contributed by atoms with van der Waals surface area (Å²) in [7, 11) is 0. The van der Waals surface area contributed by atoms with Gasteiger partial charge in [-0.3, -0.25) is 0 Å². The van der Waals surface area contributed by atoms with Gasteiger partial charge in [-0.25, -0.2) is 0 Å². The summed E-state index contributed by atoms with van der Waals surface area (Å²) in [6, 6.07) is 0. The summed E-state index contributed by atoms with van der Waals surface area (Å²) in [5, 5.41) is 0. The van der Waals surface area contributed by atoms with Gasteiger partial charge < -0.3 is 5.73 Å². The van der Waals surface area contributed by atoms with Gasteiger partial charge in [-0.2, -0.15) is 0 Å². The van der Waals surface area contributed by atoms with Gasteiger partial charge in [0.1, 0.15) is 0 Å². The second-order valence-corrected chi connectivity index (χ2v) is 12.6.